The summed E-state index contributed by atoms with van der Waals surface area (Å²) >= 11 is 0. The van der Waals surface area contributed by atoms with Crippen molar-refractivity contribution in [3.8, 4) is 0 Å². The molecule has 0 radical (unpaired) electrons. The second-order valence-electron chi connectivity index (χ2n) is 6.50. The molecule has 2 aromatic rings. The number of hydrogen-bond acceptors (Lipinski definition) is 3. The molecule has 4 nitrogen and oxygen atoms in total. The number of likely N-dealkylation sites (N-methyl/N-ethyl adjacent to an activating group) is 1. The van der Waals surface area contributed by atoms with Crippen LogP contribution >= 0.6 is 0 Å². The molecule has 1 aromatic heterocycles. The highest BCUT2D eigenvalue weighted by Gasteiger charge is 2.18. The number of fused-ring (bicyclic) bond motifs is 1. The van der Waals surface area contributed by atoms with E-state index in [2.05, 4.69) is 53.5 Å². The van der Waals surface area contributed by atoms with Gasteiger partial charge in [0.2, 0.25) is 0 Å². The van der Waals surface area contributed by atoms with Crippen LogP contribution < -0.4 is 5.73 Å². The van der Waals surface area contributed by atoms with Gasteiger partial charge in [0.25, 0.3) is 0 Å². The van der Waals surface area contributed by atoms with E-state index >= 15 is 0 Å². The molecule has 3 rings (SSSR count). The van der Waals surface area contributed by atoms with Crippen LogP contribution in [0.2, 0.25) is 0 Å². The smallest absolute Gasteiger partial charge is 0.0506 e. The summed E-state index contributed by atoms with van der Waals surface area (Å²) in [6.07, 6.45) is 0. The lowest BCUT2D eigenvalue weighted by molar-refractivity contribution is 0.145. The molecule has 1 aliphatic heterocycles. The first-order valence-electron chi connectivity index (χ1n) is 7.85. The lowest BCUT2D eigenvalue weighted by Gasteiger charge is -2.32. The number of benzene rings is 1. The lowest BCUT2D eigenvalue weighted by atomic mass is 10.2. The molecule has 0 atom stereocenters. The molecule has 0 unspecified atom stereocenters. The van der Waals surface area contributed by atoms with E-state index < -0.39 is 0 Å². The number of nitrogens with two attached hydrogens (primary N) is 1. The summed E-state index contributed by atoms with van der Waals surface area (Å²) in [4.78, 5) is 4.95. The van der Waals surface area contributed by atoms with Crippen LogP contribution in [0.1, 0.15) is 25.6 Å². The summed E-state index contributed by atoms with van der Waals surface area (Å²) < 4.78 is 2.43. The average molecular weight is 286 g/mol. The van der Waals surface area contributed by atoms with Crippen LogP contribution in [-0.4, -0.2) is 47.6 Å². The summed E-state index contributed by atoms with van der Waals surface area (Å²) in [5, 5.41) is 1.29. The molecule has 1 aliphatic rings. The van der Waals surface area contributed by atoms with E-state index in [4.69, 9.17) is 5.73 Å². The fraction of sp³-hybridized carbons (Fsp3) is 0.529. The number of nitrogens with zero attached hydrogens (tertiary/aromatic N) is 3. The summed E-state index contributed by atoms with van der Waals surface area (Å²) in [6.45, 7) is 10.1. The van der Waals surface area contributed by atoms with Crippen LogP contribution in [-0.2, 0) is 6.54 Å². The zero-order chi connectivity index (χ0) is 15.0. The normalized spacial score (nSPS) is 17.9. The van der Waals surface area contributed by atoms with E-state index in [1.807, 2.05) is 6.07 Å². The van der Waals surface area contributed by atoms with E-state index in [-0.39, 0.29) is 0 Å². The zero-order valence-corrected chi connectivity index (χ0v) is 13.3. The Morgan fingerprint density at radius 2 is 1.81 bits per heavy atom. The molecule has 0 bridgehead atoms. The van der Waals surface area contributed by atoms with Gasteiger partial charge >= 0.3 is 0 Å². The first-order chi connectivity index (χ1) is 10.0. The third-order valence-corrected chi connectivity index (χ3v) is 4.44. The van der Waals surface area contributed by atoms with Crippen molar-refractivity contribution in [1.82, 2.24) is 14.4 Å². The Labute approximate surface area is 127 Å². The minimum absolute atomic E-state index is 0.451. The average Bonchev–Trinajstić information content (AvgIpc) is 2.78. The number of nitrogen functional groups attached to an aromatic ring is 1. The van der Waals surface area contributed by atoms with Crippen LogP contribution in [0.5, 0.6) is 0 Å². The summed E-state index contributed by atoms with van der Waals surface area (Å²) in [5.41, 5.74) is 9.47. The van der Waals surface area contributed by atoms with Gasteiger partial charge in [-0.15, -0.1) is 0 Å². The standard InChI is InChI=1S/C17H26N4/c1-13(2)21-16(12-20-8-6-19(3)7-9-20)10-14-4-5-15(18)11-17(14)21/h4-5,10-11,13H,6-9,12,18H2,1-3H3. The van der Waals surface area contributed by atoms with Gasteiger partial charge in [-0.3, -0.25) is 4.90 Å². The van der Waals surface area contributed by atoms with E-state index in [1.54, 1.807) is 0 Å². The maximum absolute atomic E-state index is 5.97. The Morgan fingerprint density at radius 1 is 1.10 bits per heavy atom. The van der Waals surface area contributed by atoms with Crippen molar-refractivity contribution in [2.24, 2.45) is 0 Å². The molecular weight excluding hydrogens is 260 g/mol. The maximum atomic E-state index is 5.97. The molecule has 1 aromatic carbocycles. The minimum Gasteiger partial charge on any atom is -0.399 e. The van der Waals surface area contributed by atoms with Gasteiger partial charge in [-0.25, -0.2) is 0 Å². The van der Waals surface area contributed by atoms with Crippen molar-refractivity contribution in [3.05, 3.63) is 30.0 Å². The highest BCUT2D eigenvalue weighted by Crippen LogP contribution is 2.27. The fourth-order valence-electron chi connectivity index (χ4n) is 3.26. The number of hydrogen-bond donors (Lipinski definition) is 1. The molecule has 0 amide bonds. The van der Waals surface area contributed by atoms with Crippen LogP contribution in [0.15, 0.2) is 24.3 Å². The molecule has 1 saturated heterocycles. The summed E-state index contributed by atoms with van der Waals surface area (Å²) in [5.74, 6) is 0. The largest absolute Gasteiger partial charge is 0.399 e. The topological polar surface area (TPSA) is 37.4 Å². The van der Waals surface area contributed by atoms with Crippen LogP contribution in [0, 0.1) is 0 Å². The Hall–Kier alpha value is -1.52. The molecule has 2 N–H and O–H groups in total. The van der Waals surface area contributed by atoms with Gasteiger partial charge < -0.3 is 15.2 Å². The first kappa shape index (κ1) is 14.4. The van der Waals surface area contributed by atoms with Crippen LogP contribution in [0.3, 0.4) is 0 Å². The molecule has 114 valence electrons. The molecule has 0 spiro atoms. The highest BCUT2D eigenvalue weighted by molar-refractivity contribution is 5.84. The number of piperazine rings is 1. The predicted octanol–water partition coefficient (Wildman–Crippen LogP) is 2.55. The molecule has 0 aliphatic carbocycles. The minimum atomic E-state index is 0.451. The SMILES string of the molecule is CC(C)n1c(CN2CCN(C)CC2)cc2ccc(N)cc21. The van der Waals surface area contributed by atoms with Crippen molar-refractivity contribution in [2.45, 2.75) is 26.4 Å². The van der Waals surface area contributed by atoms with E-state index in [1.165, 1.54) is 16.6 Å². The maximum Gasteiger partial charge on any atom is 0.0506 e. The monoisotopic (exact) mass is 286 g/mol. The second-order valence-corrected chi connectivity index (χ2v) is 6.50. The molecule has 21 heavy (non-hydrogen) atoms. The van der Waals surface area contributed by atoms with Crippen molar-refractivity contribution >= 4 is 16.6 Å². The molecule has 4 heteroatoms. The first-order valence-corrected chi connectivity index (χ1v) is 7.85. The second kappa shape index (κ2) is 5.70. The van der Waals surface area contributed by atoms with Crippen LogP contribution in [0.4, 0.5) is 5.69 Å². The third-order valence-electron chi connectivity index (χ3n) is 4.44. The quantitative estimate of drug-likeness (QED) is 0.881. The van der Waals surface area contributed by atoms with Gasteiger partial charge in [0.05, 0.1) is 5.52 Å². The van der Waals surface area contributed by atoms with Gasteiger partial charge in [0, 0.05) is 55.5 Å². The third kappa shape index (κ3) is 2.92. The van der Waals surface area contributed by atoms with Gasteiger partial charge in [0.1, 0.15) is 0 Å². The number of anilines is 1. The van der Waals surface area contributed by atoms with E-state index in [9.17, 15) is 0 Å². The van der Waals surface area contributed by atoms with Gasteiger partial charge in [0.15, 0.2) is 0 Å². The molecule has 1 fully saturated rings. The summed E-state index contributed by atoms with van der Waals surface area (Å²) in [6, 6.07) is 9.01. The molecule has 2 heterocycles. The Kier molecular flexibility index (Phi) is 3.91. The van der Waals surface area contributed by atoms with Gasteiger partial charge in [-0.2, -0.15) is 0 Å². The highest BCUT2D eigenvalue weighted by atomic mass is 15.3. The Balaban J connectivity index is 1.92. The number of rotatable bonds is 3. The zero-order valence-electron chi connectivity index (χ0n) is 13.3. The van der Waals surface area contributed by atoms with Crippen molar-refractivity contribution < 1.29 is 0 Å². The van der Waals surface area contributed by atoms with Crippen molar-refractivity contribution in [1.29, 1.82) is 0 Å². The molecular formula is C17H26N4. The van der Waals surface area contributed by atoms with Crippen molar-refractivity contribution in [3.63, 3.8) is 0 Å². The van der Waals surface area contributed by atoms with Gasteiger partial charge in [-0.05, 0) is 39.1 Å². The van der Waals surface area contributed by atoms with Crippen molar-refractivity contribution in [2.75, 3.05) is 39.0 Å². The Bertz CT molecular complexity index is 621. The number of aromatic nitrogens is 1. The molecule has 0 saturated carbocycles. The van der Waals surface area contributed by atoms with Crippen LogP contribution in [0.25, 0.3) is 10.9 Å². The van der Waals surface area contributed by atoms with Gasteiger partial charge in [-0.1, -0.05) is 6.07 Å². The summed E-state index contributed by atoms with van der Waals surface area (Å²) in [7, 11) is 2.20. The Morgan fingerprint density at radius 3 is 2.48 bits per heavy atom. The predicted molar refractivity (Wildman–Crippen MR) is 89.5 cm³/mol. The van der Waals surface area contributed by atoms with E-state index in [0.717, 1.165) is 38.4 Å². The lowest BCUT2D eigenvalue weighted by Crippen LogP contribution is -2.44. The fourth-order valence-corrected chi connectivity index (χ4v) is 3.26. The van der Waals surface area contributed by atoms with E-state index in [0.29, 0.717) is 6.04 Å².